The standard InChI is InChI=1S/C13H20N2O2S/c1-9-12(18-8-15-9)5-6-14-11-4-2-3-10(7-11)13(16)17/h8,10-11,14H,2-7H2,1H3,(H,16,17). The Hall–Kier alpha value is -0.940. The van der Waals surface area contributed by atoms with Gasteiger partial charge in [0.2, 0.25) is 0 Å². The van der Waals surface area contributed by atoms with Gasteiger partial charge in [0.25, 0.3) is 0 Å². The van der Waals surface area contributed by atoms with Gasteiger partial charge in [-0.2, -0.15) is 0 Å². The zero-order chi connectivity index (χ0) is 13.0. The van der Waals surface area contributed by atoms with Crippen LogP contribution in [0.5, 0.6) is 0 Å². The van der Waals surface area contributed by atoms with E-state index in [1.807, 2.05) is 12.4 Å². The van der Waals surface area contributed by atoms with Crippen molar-refractivity contribution in [1.29, 1.82) is 0 Å². The van der Waals surface area contributed by atoms with Crippen molar-refractivity contribution in [3.8, 4) is 0 Å². The van der Waals surface area contributed by atoms with E-state index < -0.39 is 5.97 Å². The van der Waals surface area contributed by atoms with Gasteiger partial charge in [0, 0.05) is 17.5 Å². The molecule has 2 atom stereocenters. The lowest BCUT2D eigenvalue weighted by Crippen LogP contribution is -2.37. The minimum Gasteiger partial charge on any atom is -0.481 e. The summed E-state index contributed by atoms with van der Waals surface area (Å²) in [6.07, 6.45) is 4.73. The van der Waals surface area contributed by atoms with Gasteiger partial charge in [0.1, 0.15) is 0 Å². The van der Waals surface area contributed by atoms with Crippen LogP contribution in [0, 0.1) is 12.8 Å². The predicted octanol–water partition coefficient (Wildman–Crippen LogP) is 2.23. The summed E-state index contributed by atoms with van der Waals surface area (Å²) < 4.78 is 0. The average molecular weight is 268 g/mol. The summed E-state index contributed by atoms with van der Waals surface area (Å²) in [6.45, 7) is 2.95. The number of aryl methyl sites for hydroxylation is 1. The smallest absolute Gasteiger partial charge is 0.306 e. The quantitative estimate of drug-likeness (QED) is 0.859. The molecule has 0 radical (unpaired) electrons. The molecular weight excluding hydrogens is 248 g/mol. The number of aromatic nitrogens is 1. The van der Waals surface area contributed by atoms with Crippen molar-refractivity contribution >= 4 is 17.3 Å². The SMILES string of the molecule is Cc1ncsc1CCNC1CCCC(C(=O)O)C1. The molecule has 0 saturated heterocycles. The van der Waals surface area contributed by atoms with E-state index in [0.717, 1.165) is 44.3 Å². The van der Waals surface area contributed by atoms with Crippen molar-refractivity contribution in [2.45, 2.75) is 45.1 Å². The van der Waals surface area contributed by atoms with Crippen molar-refractivity contribution in [3.63, 3.8) is 0 Å². The number of nitrogens with zero attached hydrogens (tertiary/aromatic N) is 1. The zero-order valence-electron chi connectivity index (χ0n) is 10.7. The maximum absolute atomic E-state index is 11.0. The number of carbonyl (C=O) groups is 1. The second kappa shape index (κ2) is 6.29. The molecule has 2 N–H and O–H groups in total. The maximum Gasteiger partial charge on any atom is 0.306 e. The summed E-state index contributed by atoms with van der Waals surface area (Å²) in [5.41, 5.74) is 3.00. The fourth-order valence-corrected chi connectivity index (χ4v) is 3.34. The van der Waals surface area contributed by atoms with Gasteiger partial charge < -0.3 is 10.4 Å². The van der Waals surface area contributed by atoms with E-state index in [0.29, 0.717) is 6.04 Å². The first-order chi connectivity index (χ1) is 8.66. The van der Waals surface area contributed by atoms with Crippen LogP contribution in [0.25, 0.3) is 0 Å². The molecule has 0 aromatic carbocycles. The molecule has 1 aliphatic carbocycles. The number of hydrogen-bond acceptors (Lipinski definition) is 4. The molecule has 1 fully saturated rings. The lowest BCUT2D eigenvalue weighted by Gasteiger charge is -2.27. The van der Waals surface area contributed by atoms with Gasteiger partial charge in [-0.25, -0.2) is 4.98 Å². The van der Waals surface area contributed by atoms with Gasteiger partial charge in [-0.3, -0.25) is 4.79 Å². The zero-order valence-corrected chi connectivity index (χ0v) is 11.5. The number of aliphatic carboxylic acids is 1. The highest BCUT2D eigenvalue weighted by Gasteiger charge is 2.26. The number of thiazole rings is 1. The summed E-state index contributed by atoms with van der Waals surface area (Å²) in [4.78, 5) is 16.5. The van der Waals surface area contributed by atoms with Gasteiger partial charge in [-0.15, -0.1) is 11.3 Å². The number of rotatable bonds is 5. The van der Waals surface area contributed by atoms with E-state index in [4.69, 9.17) is 5.11 Å². The molecule has 0 aliphatic heterocycles. The number of carboxylic acids is 1. The molecule has 1 aromatic rings. The Kier molecular flexibility index (Phi) is 4.72. The molecule has 100 valence electrons. The molecule has 1 saturated carbocycles. The van der Waals surface area contributed by atoms with Gasteiger partial charge in [-0.1, -0.05) is 6.42 Å². The topological polar surface area (TPSA) is 62.2 Å². The molecule has 5 heteroatoms. The van der Waals surface area contributed by atoms with E-state index in [9.17, 15) is 4.79 Å². The second-order valence-electron chi connectivity index (χ2n) is 4.96. The molecule has 1 aromatic heterocycles. The molecule has 2 unspecified atom stereocenters. The monoisotopic (exact) mass is 268 g/mol. The van der Waals surface area contributed by atoms with Crippen LogP contribution >= 0.6 is 11.3 Å². The molecule has 1 heterocycles. The lowest BCUT2D eigenvalue weighted by atomic mass is 9.86. The van der Waals surface area contributed by atoms with Gasteiger partial charge in [0.15, 0.2) is 0 Å². The Bertz CT molecular complexity index is 405. The fraction of sp³-hybridized carbons (Fsp3) is 0.692. The van der Waals surface area contributed by atoms with Crippen LogP contribution in [0.2, 0.25) is 0 Å². The lowest BCUT2D eigenvalue weighted by molar-refractivity contribution is -0.143. The van der Waals surface area contributed by atoms with Crippen LogP contribution in [-0.2, 0) is 11.2 Å². The molecule has 1 aliphatic rings. The van der Waals surface area contributed by atoms with Crippen molar-refractivity contribution in [2.24, 2.45) is 5.92 Å². The summed E-state index contributed by atoms with van der Waals surface area (Å²) in [5, 5.41) is 12.5. The molecule has 4 nitrogen and oxygen atoms in total. The third-order valence-corrected chi connectivity index (χ3v) is 4.65. The Morgan fingerprint density at radius 1 is 1.61 bits per heavy atom. The molecule has 0 spiro atoms. The van der Waals surface area contributed by atoms with Crippen LogP contribution in [0.15, 0.2) is 5.51 Å². The van der Waals surface area contributed by atoms with Gasteiger partial charge >= 0.3 is 5.97 Å². The van der Waals surface area contributed by atoms with Crippen molar-refractivity contribution < 1.29 is 9.90 Å². The predicted molar refractivity (Wildman–Crippen MR) is 71.9 cm³/mol. The summed E-state index contributed by atoms with van der Waals surface area (Å²) >= 11 is 1.70. The Balaban J connectivity index is 1.73. The number of hydrogen-bond donors (Lipinski definition) is 2. The molecule has 0 bridgehead atoms. The minimum atomic E-state index is -0.639. The van der Waals surface area contributed by atoms with E-state index in [1.54, 1.807) is 11.3 Å². The van der Waals surface area contributed by atoms with E-state index >= 15 is 0 Å². The number of nitrogens with one attached hydrogen (secondary N) is 1. The first-order valence-electron chi connectivity index (χ1n) is 6.52. The highest BCUT2D eigenvalue weighted by Crippen LogP contribution is 2.24. The van der Waals surface area contributed by atoms with Crippen molar-refractivity contribution in [1.82, 2.24) is 10.3 Å². The van der Waals surface area contributed by atoms with Crippen LogP contribution in [0.4, 0.5) is 0 Å². The molecule has 2 rings (SSSR count). The second-order valence-corrected chi connectivity index (χ2v) is 5.90. The molecule has 18 heavy (non-hydrogen) atoms. The highest BCUT2D eigenvalue weighted by molar-refractivity contribution is 7.09. The molecule has 0 amide bonds. The Morgan fingerprint density at radius 3 is 3.11 bits per heavy atom. The molecular formula is C13H20N2O2S. The summed E-state index contributed by atoms with van der Waals surface area (Å²) in [5.74, 6) is -0.791. The fourth-order valence-electron chi connectivity index (χ4n) is 2.56. The van der Waals surface area contributed by atoms with Crippen LogP contribution in [0.3, 0.4) is 0 Å². The first-order valence-corrected chi connectivity index (χ1v) is 7.40. The van der Waals surface area contributed by atoms with Gasteiger partial charge in [0.05, 0.1) is 17.1 Å². The van der Waals surface area contributed by atoms with E-state index in [-0.39, 0.29) is 5.92 Å². The van der Waals surface area contributed by atoms with Crippen LogP contribution in [0.1, 0.15) is 36.3 Å². The maximum atomic E-state index is 11.0. The van der Waals surface area contributed by atoms with E-state index in [1.165, 1.54) is 4.88 Å². The average Bonchev–Trinajstić information content (AvgIpc) is 2.76. The van der Waals surface area contributed by atoms with Crippen LogP contribution in [-0.4, -0.2) is 28.6 Å². The van der Waals surface area contributed by atoms with E-state index in [2.05, 4.69) is 10.3 Å². The summed E-state index contributed by atoms with van der Waals surface area (Å²) in [6, 6.07) is 0.369. The normalized spacial score (nSPS) is 24.1. The van der Waals surface area contributed by atoms with Crippen molar-refractivity contribution in [2.75, 3.05) is 6.54 Å². The minimum absolute atomic E-state index is 0.151. The Morgan fingerprint density at radius 2 is 2.44 bits per heavy atom. The third-order valence-electron chi connectivity index (χ3n) is 3.65. The highest BCUT2D eigenvalue weighted by atomic mass is 32.1. The first kappa shape index (κ1) is 13.5. The number of carboxylic acid groups (broad SMARTS) is 1. The summed E-state index contributed by atoms with van der Waals surface area (Å²) in [7, 11) is 0. The van der Waals surface area contributed by atoms with Crippen molar-refractivity contribution in [3.05, 3.63) is 16.1 Å². The largest absolute Gasteiger partial charge is 0.481 e. The Labute approximate surface area is 111 Å². The van der Waals surface area contributed by atoms with Crippen LogP contribution < -0.4 is 5.32 Å². The third kappa shape index (κ3) is 3.53. The van der Waals surface area contributed by atoms with Gasteiger partial charge in [-0.05, 0) is 32.6 Å².